The van der Waals surface area contributed by atoms with Crippen molar-refractivity contribution in [3.05, 3.63) is 33.9 Å². The summed E-state index contributed by atoms with van der Waals surface area (Å²) in [5.74, 6) is -1.55. The molecule has 1 heterocycles. The van der Waals surface area contributed by atoms with Gasteiger partial charge in [-0.1, -0.05) is 23.2 Å². The molecule has 2 N–H and O–H groups in total. The molecule has 3 rings (SSSR count). The summed E-state index contributed by atoms with van der Waals surface area (Å²) in [5.41, 5.74) is 1.23. The highest BCUT2D eigenvalue weighted by Crippen LogP contribution is 2.37. The molecule has 1 fully saturated rings. The van der Waals surface area contributed by atoms with Crippen molar-refractivity contribution < 1.29 is 14.7 Å². The number of carbonyl (C=O) groups excluding carboxylic acids is 1. The highest BCUT2D eigenvalue weighted by Gasteiger charge is 2.35. The average molecular weight is 326 g/mol. The van der Waals surface area contributed by atoms with E-state index in [0.717, 1.165) is 0 Å². The summed E-state index contributed by atoms with van der Waals surface area (Å²) in [6.45, 7) is 0. The van der Waals surface area contributed by atoms with Crippen LogP contribution in [0.4, 0.5) is 0 Å². The fourth-order valence-electron chi connectivity index (χ4n) is 3.04. The van der Waals surface area contributed by atoms with E-state index in [0.29, 0.717) is 45.8 Å². The van der Waals surface area contributed by atoms with Crippen LogP contribution in [0, 0.1) is 11.8 Å². The summed E-state index contributed by atoms with van der Waals surface area (Å²) in [4.78, 5) is 26.6. The van der Waals surface area contributed by atoms with Crippen LogP contribution in [0.25, 0.3) is 10.9 Å². The number of rotatable bonds is 3. The molecule has 21 heavy (non-hydrogen) atoms. The number of fused-ring (bicyclic) bond motifs is 1. The normalized spacial score (nSPS) is 21.8. The van der Waals surface area contributed by atoms with E-state index in [1.165, 1.54) is 0 Å². The summed E-state index contributed by atoms with van der Waals surface area (Å²) in [6, 6.07) is 3.32. The number of carboxylic acids is 1. The molecule has 1 aliphatic carbocycles. The number of carbonyl (C=O) groups is 2. The predicted octanol–water partition coefficient (Wildman–Crippen LogP) is 4.16. The third kappa shape index (κ3) is 2.54. The number of hydrogen-bond donors (Lipinski definition) is 2. The van der Waals surface area contributed by atoms with Gasteiger partial charge in [-0.15, -0.1) is 0 Å². The molecule has 1 aliphatic rings. The summed E-state index contributed by atoms with van der Waals surface area (Å²) in [6.07, 6.45) is 3.18. The minimum atomic E-state index is -0.825. The number of hydrogen-bond acceptors (Lipinski definition) is 2. The Labute approximate surface area is 131 Å². The van der Waals surface area contributed by atoms with E-state index in [4.69, 9.17) is 28.3 Å². The van der Waals surface area contributed by atoms with Crippen molar-refractivity contribution >= 4 is 45.9 Å². The third-order valence-corrected chi connectivity index (χ3v) is 4.63. The Bertz CT molecular complexity index is 738. The number of ketones is 1. The van der Waals surface area contributed by atoms with Gasteiger partial charge in [0.2, 0.25) is 0 Å². The first-order chi connectivity index (χ1) is 9.97. The van der Waals surface area contributed by atoms with Crippen molar-refractivity contribution in [2.75, 3.05) is 0 Å². The third-order valence-electron chi connectivity index (χ3n) is 4.11. The van der Waals surface area contributed by atoms with Gasteiger partial charge in [0.25, 0.3) is 0 Å². The number of benzene rings is 1. The molecule has 0 amide bonds. The lowest BCUT2D eigenvalue weighted by Gasteiger charge is -2.08. The number of aliphatic carboxylic acids is 1. The van der Waals surface area contributed by atoms with Crippen LogP contribution in [-0.2, 0) is 4.79 Å². The Morgan fingerprint density at radius 2 is 1.90 bits per heavy atom. The first-order valence-corrected chi connectivity index (χ1v) is 7.46. The maximum Gasteiger partial charge on any atom is 0.306 e. The maximum atomic E-state index is 12.6. The minimum Gasteiger partial charge on any atom is -0.481 e. The molecule has 110 valence electrons. The largest absolute Gasteiger partial charge is 0.481 e. The Kier molecular flexibility index (Phi) is 3.68. The molecule has 0 radical (unpaired) electrons. The molecule has 2 aromatic rings. The predicted molar refractivity (Wildman–Crippen MR) is 81.1 cm³/mol. The lowest BCUT2D eigenvalue weighted by Crippen LogP contribution is -2.14. The van der Waals surface area contributed by atoms with Crippen LogP contribution < -0.4 is 0 Å². The number of halogens is 2. The van der Waals surface area contributed by atoms with E-state index >= 15 is 0 Å². The fraction of sp³-hybridized carbons (Fsp3) is 0.333. The van der Waals surface area contributed by atoms with Crippen molar-refractivity contribution in [3.8, 4) is 0 Å². The zero-order valence-corrected chi connectivity index (χ0v) is 12.5. The van der Waals surface area contributed by atoms with Gasteiger partial charge in [-0.2, -0.15) is 0 Å². The van der Waals surface area contributed by atoms with Crippen LogP contribution in [0.5, 0.6) is 0 Å². The van der Waals surface area contributed by atoms with Crippen LogP contribution >= 0.6 is 23.2 Å². The van der Waals surface area contributed by atoms with Gasteiger partial charge in [-0.3, -0.25) is 9.59 Å². The Morgan fingerprint density at radius 1 is 1.19 bits per heavy atom. The number of nitrogens with one attached hydrogen (secondary N) is 1. The molecule has 1 aromatic heterocycles. The molecule has 1 aromatic carbocycles. The average Bonchev–Trinajstić information content (AvgIpc) is 3.04. The Hall–Kier alpha value is -1.52. The van der Waals surface area contributed by atoms with E-state index in [1.54, 1.807) is 18.3 Å². The van der Waals surface area contributed by atoms with Crippen LogP contribution in [-0.4, -0.2) is 21.8 Å². The van der Waals surface area contributed by atoms with E-state index < -0.39 is 11.9 Å². The van der Waals surface area contributed by atoms with Crippen molar-refractivity contribution in [1.29, 1.82) is 0 Å². The first kappa shape index (κ1) is 14.4. The minimum absolute atomic E-state index is 0.0470. The summed E-state index contributed by atoms with van der Waals surface area (Å²) in [5, 5.41) is 10.6. The van der Waals surface area contributed by atoms with Gasteiger partial charge in [0.05, 0.1) is 10.9 Å². The van der Waals surface area contributed by atoms with Crippen molar-refractivity contribution in [3.63, 3.8) is 0 Å². The van der Waals surface area contributed by atoms with Crippen molar-refractivity contribution in [2.45, 2.75) is 19.3 Å². The molecule has 0 spiro atoms. The molecular formula is C15H13Cl2NO3. The van der Waals surface area contributed by atoms with E-state index in [-0.39, 0.29) is 11.7 Å². The van der Waals surface area contributed by atoms with Crippen LogP contribution in [0.3, 0.4) is 0 Å². The second-order valence-electron chi connectivity index (χ2n) is 5.42. The Morgan fingerprint density at radius 3 is 2.57 bits per heavy atom. The first-order valence-electron chi connectivity index (χ1n) is 6.70. The van der Waals surface area contributed by atoms with Gasteiger partial charge < -0.3 is 10.1 Å². The SMILES string of the molecule is O=C(O)C1CCC(C(=O)c2c[nH]c3cc(Cl)cc(Cl)c23)C1. The molecule has 0 aliphatic heterocycles. The second-order valence-corrected chi connectivity index (χ2v) is 6.27. The van der Waals surface area contributed by atoms with Crippen LogP contribution in [0.1, 0.15) is 29.6 Å². The van der Waals surface area contributed by atoms with Crippen LogP contribution in [0.15, 0.2) is 18.3 Å². The number of aromatic nitrogens is 1. The highest BCUT2D eigenvalue weighted by molar-refractivity contribution is 6.39. The smallest absolute Gasteiger partial charge is 0.306 e. The lowest BCUT2D eigenvalue weighted by atomic mass is 9.95. The standard InChI is InChI=1S/C15H13Cl2NO3/c16-9-4-11(17)13-10(6-18-12(13)5-9)14(19)7-1-2-8(3-7)15(20)21/h4-8,18H,1-3H2,(H,20,21). The zero-order valence-electron chi connectivity index (χ0n) is 11.0. The van der Waals surface area contributed by atoms with E-state index in [2.05, 4.69) is 4.98 Å². The monoisotopic (exact) mass is 325 g/mol. The lowest BCUT2D eigenvalue weighted by molar-refractivity contribution is -0.141. The molecule has 4 nitrogen and oxygen atoms in total. The number of carboxylic acid groups (broad SMARTS) is 1. The number of H-pyrrole nitrogens is 1. The molecule has 2 atom stereocenters. The van der Waals surface area contributed by atoms with Gasteiger partial charge in [-0.05, 0) is 31.4 Å². The number of aromatic amines is 1. The quantitative estimate of drug-likeness (QED) is 0.832. The van der Waals surface area contributed by atoms with Crippen LogP contribution in [0.2, 0.25) is 10.0 Å². The summed E-state index contributed by atoms with van der Waals surface area (Å²) < 4.78 is 0. The number of Topliss-reactive ketones (excluding diaryl/α,β-unsaturated/α-hetero) is 1. The summed E-state index contributed by atoms with van der Waals surface area (Å²) >= 11 is 12.1. The molecular weight excluding hydrogens is 313 g/mol. The second kappa shape index (κ2) is 5.35. The topological polar surface area (TPSA) is 70.2 Å². The molecule has 0 bridgehead atoms. The van der Waals surface area contributed by atoms with Crippen molar-refractivity contribution in [1.82, 2.24) is 4.98 Å². The summed E-state index contributed by atoms with van der Waals surface area (Å²) in [7, 11) is 0. The molecule has 2 unspecified atom stereocenters. The molecule has 1 saturated carbocycles. The van der Waals surface area contributed by atoms with Gasteiger partial charge >= 0.3 is 5.97 Å². The van der Waals surface area contributed by atoms with Crippen molar-refractivity contribution in [2.24, 2.45) is 11.8 Å². The highest BCUT2D eigenvalue weighted by atomic mass is 35.5. The Balaban J connectivity index is 1.94. The maximum absolute atomic E-state index is 12.6. The van der Waals surface area contributed by atoms with Gasteiger partial charge in [0, 0.05) is 33.6 Å². The fourth-order valence-corrected chi connectivity index (χ4v) is 3.64. The molecule has 0 saturated heterocycles. The molecule has 6 heteroatoms. The van der Waals surface area contributed by atoms with Gasteiger partial charge in [-0.25, -0.2) is 0 Å². The zero-order chi connectivity index (χ0) is 15.1. The van der Waals surface area contributed by atoms with E-state index in [1.807, 2.05) is 0 Å². The van der Waals surface area contributed by atoms with Gasteiger partial charge in [0.15, 0.2) is 5.78 Å². The van der Waals surface area contributed by atoms with Gasteiger partial charge in [0.1, 0.15) is 0 Å². The van der Waals surface area contributed by atoms with E-state index in [9.17, 15) is 9.59 Å².